The minimum atomic E-state index is 0.552. The van der Waals surface area contributed by atoms with Crippen LogP contribution < -0.4 is 21.2 Å². The van der Waals surface area contributed by atoms with E-state index in [0.29, 0.717) is 21.2 Å². The van der Waals surface area contributed by atoms with Gasteiger partial charge in [-0.1, -0.05) is 0 Å². The molecule has 1 saturated heterocycles. The van der Waals surface area contributed by atoms with Crippen molar-refractivity contribution in [2.45, 2.75) is 70.2 Å². The molecule has 0 N–H and O–H groups in total. The van der Waals surface area contributed by atoms with Crippen LogP contribution in [-0.2, 0) is 0 Å². The summed E-state index contributed by atoms with van der Waals surface area (Å²) in [6.07, 6.45) is 10.9. The Bertz CT molecular complexity index is 231. The van der Waals surface area contributed by atoms with E-state index in [2.05, 4.69) is 18.7 Å². The number of fused-ring (bicyclic) bond motifs is 2. The van der Waals surface area contributed by atoms with Gasteiger partial charge in [0.05, 0.1) is 0 Å². The predicted octanol–water partition coefficient (Wildman–Crippen LogP) is 0.691. The second-order valence-corrected chi connectivity index (χ2v) is 11.0. The molecule has 0 aromatic heterocycles. The van der Waals surface area contributed by atoms with Gasteiger partial charge in [-0.3, -0.25) is 0 Å². The topological polar surface area (TPSA) is 0 Å². The Morgan fingerprint density at radius 1 is 0.933 bits per heavy atom. The van der Waals surface area contributed by atoms with Crippen LogP contribution in [-0.4, -0.2) is 18.3 Å². The van der Waals surface area contributed by atoms with Crippen LogP contribution in [0.25, 0.3) is 0 Å². The second kappa shape index (κ2) is 4.75. The summed E-state index contributed by atoms with van der Waals surface area (Å²) >= 11 is 2.98. The van der Waals surface area contributed by atoms with Crippen molar-refractivity contribution >= 4 is 11.8 Å². The molecule has 0 aromatic carbocycles. The Morgan fingerprint density at radius 3 is 2.67 bits per heavy atom. The fourth-order valence-corrected chi connectivity index (χ4v) is 11.3. The summed E-state index contributed by atoms with van der Waals surface area (Å²) < 4.78 is 2.43. The summed E-state index contributed by atoms with van der Waals surface area (Å²) in [5, 5.41) is 2.21. The molecule has 5 atom stereocenters. The van der Waals surface area contributed by atoms with Crippen LogP contribution in [0.3, 0.4) is 0 Å². The zero-order chi connectivity index (χ0) is 10.3. The fraction of sp³-hybridized carbons (Fsp3) is 1.00. The van der Waals surface area contributed by atoms with Gasteiger partial charge in [0, 0.05) is 0 Å². The fourth-order valence-electron chi connectivity index (χ4n) is 3.36. The van der Waals surface area contributed by atoms with E-state index in [9.17, 15) is 0 Å². The van der Waals surface area contributed by atoms with E-state index in [1.807, 2.05) is 0 Å². The quantitative estimate of drug-likeness (QED) is 0.463. The van der Waals surface area contributed by atoms with Gasteiger partial charge < -0.3 is 0 Å². The third kappa shape index (κ3) is 2.36. The third-order valence-corrected chi connectivity index (χ3v) is 11.9. The number of hydrogen-bond acceptors (Lipinski definition) is 1. The molecular formula is C13H22IS-. The van der Waals surface area contributed by atoms with Gasteiger partial charge in [-0.2, -0.15) is 0 Å². The molecule has 15 heavy (non-hydrogen) atoms. The Labute approximate surface area is 109 Å². The van der Waals surface area contributed by atoms with E-state index in [1.165, 1.54) is 14.3 Å². The van der Waals surface area contributed by atoms with Crippen molar-refractivity contribution in [3.63, 3.8) is 0 Å². The number of rotatable bonds is 0. The van der Waals surface area contributed by atoms with E-state index >= 15 is 0 Å². The third-order valence-electron chi connectivity index (χ3n) is 4.27. The molecule has 0 amide bonds. The van der Waals surface area contributed by atoms with Crippen molar-refractivity contribution in [1.82, 2.24) is 0 Å². The number of hydrogen-bond donors (Lipinski definition) is 0. The molecule has 3 aliphatic rings. The van der Waals surface area contributed by atoms with Gasteiger partial charge in [0.2, 0.25) is 0 Å². The number of thioether (sulfide) groups is 1. The zero-order valence-electron chi connectivity index (χ0n) is 9.62. The van der Waals surface area contributed by atoms with Crippen molar-refractivity contribution < 1.29 is 21.2 Å². The molecule has 1 heterocycles. The van der Waals surface area contributed by atoms with E-state index in [0.717, 1.165) is 16.4 Å². The zero-order valence-corrected chi connectivity index (χ0v) is 12.6. The summed E-state index contributed by atoms with van der Waals surface area (Å²) in [5.41, 5.74) is 0. The van der Waals surface area contributed by atoms with Crippen molar-refractivity contribution in [3.05, 3.63) is 0 Å². The van der Waals surface area contributed by atoms with Gasteiger partial charge in [0.1, 0.15) is 0 Å². The van der Waals surface area contributed by atoms with Crippen molar-refractivity contribution in [2.75, 3.05) is 0 Å². The summed E-state index contributed by atoms with van der Waals surface area (Å²) in [4.78, 5) is 0. The van der Waals surface area contributed by atoms with Gasteiger partial charge in [-0.25, -0.2) is 0 Å². The summed E-state index contributed by atoms with van der Waals surface area (Å²) in [7, 11) is 0. The maximum atomic E-state index is 2.47. The first-order valence-corrected chi connectivity index (χ1v) is 10.0. The van der Waals surface area contributed by atoms with Gasteiger partial charge >= 0.3 is 109 Å². The van der Waals surface area contributed by atoms with Crippen LogP contribution >= 0.6 is 11.8 Å². The molecule has 88 valence electrons. The van der Waals surface area contributed by atoms with Crippen LogP contribution in [0.2, 0.25) is 0 Å². The normalized spacial score (nSPS) is 51.1. The van der Waals surface area contributed by atoms with Crippen LogP contribution in [0.1, 0.15) is 51.9 Å². The second-order valence-electron chi connectivity index (χ2n) is 5.57. The Kier molecular flexibility index (Phi) is 3.54. The Morgan fingerprint density at radius 2 is 1.73 bits per heavy atom. The van der Waals surface area contributed by atoms with E-state index < -0.39 is 0 Å². The molecule has 0 bridgehead atoms. The van der Waals surface area contributed by atoms with Crippen molar-refractivity contribution in [3.8, 4) is 0 Å². The van der Waals surface area contributed by atoms with E-state index in [-0.39, 0.29) is 0 Å². The molecule has 5 unspecified atom stereocenters. The first-order valence-electron chi connectivity index (χ1n) is 6.60. The van der Waals surface area contributed by atoms with Crippen LogP contribution in [0.5, 0.6) is 0 Å². The first-order chi connectivity index (χ1) is 7.33. The first kappa shape index (κ1) is 11.2. The summed E-state index contributed by atoms with van der Waals surface area (Å²) in [6, 6.07) is 0. The monoisotopic (exact) mass is 337 g/mol. The average Bonchev–Trinajstić information content (AvgIpc) is 2.26. The SMILES string of the molecule is CC1CCC2[I-]C3CCCCC3SC2C1. The van der Waals surface area contributed by atoms with Gasteiger partial charge in [-0.05, 0) is 0 Å². The Hall–Kier alpha value is 1.08. The molecule has 0 aromatic rings. The van der Waals surface area contributed by atoms with Crippen LogP contribution in [0.4, 0.5) is 0 Å². The summed E-state index contributed by atoms with van der Waals surface area (Å²) in [5.74, 6) is 1.03. The molecule has 0 nitrogen and oxygen atoms in total. The van der Waals surface area contributed by atoms with Crippen molar-refractivity contribution in [2.24, 2.45) is 5.92 Å². The predicted molar refractivity (Wildman–Crippen MR) is 64.2 cm³/mol. The summed E-state index contributed by atoms with van der Waals surface area (Å²) in [6.45, 7) is 2.47. The van der Waals surface area contributed by atoms with Gasteiger partial charge in [-0.15, -0.1) is 0 Å². The molecule has 3 fully saturated rings. The van der Waals surface area contributed by atoms with Crippen LogP contribution in [0.15, 0.2) is 0 Å². The molecule has 2 aliphatic carbocycles. The molecule has 2 saturated carbocycles. The minimum absolute atomic E-state index is 0.552. The van der Waals surface area contributed by atoms with E-state index in [4.69, 9.17) is 0 Å². The molecule has 0 spiro atoms. The molecule has 0 radical (unpaired) electrons. The molecular weight excluding hydrogens is 315 g/mol. The number of alkyl halides is 2. The standard InChI is InChI=1S/C13H22IS/c1-9-6-7-11-13(8-9)15-12-5-3-2-4-10(12)14-11/h9-13H,2-8H2,1H3/q-1. The van der Waals surface area contributed by atoms with Gasteiger partial charge in [0.15, 0.2) is 0 Å². The molecule has 2 heteroatoms. The van der Waals surface area contributed by atoms with Gasteiger partial charge in [0.25, 0.3) is 0 Å². The van der Waals surface area contributed by atoms with Crippen molar-refractivity contribution in [1.29, 1.82) is 0 Å². The van der Waals surface area contributed by atoms with Crippen LogP contribution in [0, 0.1) is 5.92 Å². The van der Waals surface area contributed by atoms with E-state index in [1.54, 1.807) is 38.5 Å². The maximum absolute atomic E-state index is 2.47. The molecule has 3 rings (SSSR count). The molecule has 1 aliphatic heterocycles. The average molecular weight is 337 g/mol. The number of halogens is 1. The Balaban J connectivity index is 1.67.